The largest absolute Gasteiger partial charge is 0.472 e. The van der Waals surface area contributed by atoms with E-state index in [-0.39, 0.29) is 29.9 Å². The maximum atomic E-state index is 13.8. The zero-order valence-corrected chi connectivity index (χ0v) is 18.5. The summed E-state index contributed by atoms with van der Waals surface area (Å²) in [5, 5.41) is 0. The first-order chi connectivity index (χ1) is 16.3. The third-order valence-electron chi connectivity index (χ3n) is 6.48. The summed E-state index contributed by atoms with van der Waals surface area (Å²) >= 11 is 0. The van der Waals surface area contributed by atoms with Gasteiger partial charge in [0.2, 0.25) is 5.88 Å². The van der Waals surface area contributed by atoms with Gasteiger partial charge in [-0.3, -0.25) is 14.8 Å². The van der Waals surface area contributed by atoms with E-state index in [2.05, 4.69) is 15.0 Å². The van der Waals surface area contributed by atoms with E-state index in [4.69, 9.17) is 4.74 Å². The van der Waals surface area contributed by atoms with Gasteiger partial charge in [0, 0.05) is 31.2 Å². The van der Waals surface area contributed by atoms with Crippen molar-refractivity contribution in [3.05, 3.63) is 71.7 Å². The van der Waals surface area contributed by atoms with Crippen LogP contribution in [0.15, 0.2) is 55.0 Å². The summed E-state index contributed by atoms with van der Waals surface area (Å²) in [6, 6.07) is 9.30. The molecule has 3 aromatic rings. The van der Waals surface area contributed by atoms with Crippen LogP contribution in [0.1, 0.15) is 40.7 Å². The molecule has 1 aliphatic carbocycles. The van der Waals surface area contributed by atoms with Crippen molar-refractivity contribution in [1.82, 2.24) is 19.9 Å². The van der Waals surface area contributed by atoms with Crippen LogP contribution in [0.2, 0.25) is 0 Å². The number of ether oxygens (including phenoxy) is 1. The monoisotopic (exact) mass is 468 g/mol. The number of amides is 1. The lowest BCUT2D eigenvalue weighted by Gasteiger charge is -2.49. The predicted octanol–water partition coefficient (Wildman–Crippen LogP) is 4.94. The van der Waals surface area contributed by atoms with Gasteiger partial charge >= 0.3 is 6.18 Å². The standard InChI is InChI=1S/C25H23F3N4O2/c1-15-10-18(23(31-12-15)19-4-2-3-9-29-19)24(33)32-14-16-5-7-20(32)21(11-16)34-22-8-6-17(13-30-22)25(26,27)28/h2-4,6,8-10,12-13,16,20-21H,5,7,11,14H2,1H3. The zero-order valence-electron chi connectivity index (χ0n) is 18.5. The van der Waals surface area contributed by atoms with Crippen LogP contribution in [-0.2, 0) is 6.18 Å². The molecule has 2 aliphatic heterocycles. The highest BCUT2D eigenvalue weighted by atomic mass is 19.4. The Morgan fingerprint density at radius 1 is 1.09 bits per heavy atom. The summed E-state index contributed by atoms with van der Waals surface area (Å²) < 4.78 is 44.6. The van der Waals surface area contributed by atoms with Crippen LogP contribution in [0.3, 0.4) is 0 Å². The molecule has 2 saturated heterocycles. The van der Waals surface area contributed by atoms with E-state index in [9.17, 15) is 18.0 Å². The quantitative estimate of drug-likeness (QED) is 0.543. The fourth-order valence-electron chi connectivity index (χ4n) is 4.86. The summed E-state index contributed by atoms with van der Waals surface area (Å²) in [7, 11) is 0. The molecule has 0 radical (unpaired) electrons. The van der Waals surface area contributed by atoms with E-state index < -0.39 is 11.7 Å². The SMILES string of the molecule is Cc1cnc(-c2ccccn2)c(C(=O)N2CC3CCC2C(Oc2ccc(C(F)(F)F)cn2)C3)c1. The third-order valence-corrected chi connectivity index (χ3v) is 6.48. The molecule has 3 aromatic heterocycles. The lowest BCUT2D eigenvalue weighted by molar-refractivity contribution is -0.137. The van der Waals surface area contributed by atoms with Crippen molar-refractivity contribution in [1.29, 1.82) is 0 Å². The number of alkyl halides is 3. The number of aryl methyl sites for hydroxylation is 1. The molecule has 3 aliphatic rings. The number of halogens is 3. The molecule has 1 saturated carbocycles. The molecule has 3 unspecified atom stereocenters. The number of carbonyl (C=O) groups excluding carboxylic acids is 1. The highest BCUT2D eigenvalue weighted by Gasteiger charge is 2.45. The number of rotatable bonds is 4. The minimum atomic E-state index is -4.45. The molecular weight excluding hydrogens is 445 g/mol. The van der Waals surface area contributed by atoms with Gasteiger partial charge in [0.05, 0.1) is 22.9 Å². The van der Waals surface area contributed by atoms with Gasteiger partial charge in [-0.25, -0.2) is 4.98 Å². The summed E-state index contributed by atoms with van der Waals surface area (Å²) in [5.41, 5.74) is 1.68. The molecule has 3 atom stereocenters. The van der Waals surface area contributed by atoms with Gasteiger partial charge in [-0.15, -0.1) is 0 Å². The van der Waals surface area contributed by atoms with Crippen molar-refractivity contribution >= 4 is 5.91 Å². The smallest absolute Gasteiger partial charge is 0.417 e. The van der Waals surface area contributed by atoms with E-state index in [1.54, 1.807) is 18.5 Å². The van der Waals surface area contributed by atoms with Gasteiger partial charge in [-0.1, -0.05) is 6.07 Å². The van der Waals surface area contributed by atoms with Gasteiger partial charge in [0.1, 0.15) is 11.8 Å². The van der Waals surface area contributed by atoms with Crippen molar-refractivity contribution in [2.75, 3.05) is 6.54 Å². The average Bonchev–Trinajstić information content (AvgIpc) is 2.84. The fraction of sp³-hybridized carbons (Fsp3) is 0.360. The Morgan fingerprint density at radius 2 is 1.94 bits per heavy atom. The predicted molar refractivity (Wildman–Crippen MR) is 118 cm³/mol. The van der Waals surface area contributed by atoms with Crippen LogP contribution in [0.4, 0.5) is 13.2 Å². The highest BCUT2D eigenvalue weighted by Crippen LogP contribution is 2.39. The van der Waals surface area contributed by atoms with Crippen LogP contribution >= 0.6 is 0 Å². The molecule has 176 valence electrons. The number of nitrogens with zero attached hydrogens (tertiary/aromatic N) is 4. The lowest BCUT2D eigenvalue weighted by Crippen LogP contribution is -2.59. The summed E-state index contributed by atoms with van der Waals surface area (Å²) in [6.07, 6.45) is 1.84. The molecule has 3 fully saturated rings. The Bertz CT molecular complexity index is 1190. The van der Waals surface area contributed by atoms with Crippen molar-refractivity contribution in [2.45, 2.75) is 44.5 Å². The fourth-order valence-corrected chi connectivity index (χ4v) is 4.86. The van der Waals surface area contributed by atoms with Crippen LogP contribution in [0.5, 0.6) is 5.88 Å². The molecule has 0 spiro atoms. The molecule has 9 heteroatoms. The Balaban J connectivity index is 1.40. The average molecular weight is 468 g/mol. The van der Waals surface area contributed by atoms with Crippen molar-refractivity contribution in [3.8, 4) is 17.3 Å². The maximum Gasteiger partial charge on any atom is 0.417 e. The van der Waals surface area contributed by atoms with E-state index in [1.165, 1.54) is 6.07 Å². The molecule has 2 bridgehead atoms. The van der Waals surface area contributed by atoms with Gasteiger partial charge in [0.15, 0.2) is 0 Å². The molecule has 0 aromatic carbocycles. The Morgan fingerprint density at radius 3 is 2.62 bits per heavy atom. The first-order valence-electron chi connectivity index (χ1n) is 11.2. The molecule has 6 rings (SSSR count). The van der Waals surface area contributed by atoms with Crippen molar-refractivity contribution in [3.63, 3.8) is 0 Å². The second-order valence-corrected chi connectivity index (χ2v) is 8.87. The molecule has 1 amide bonds. The third kappa shape index (κ3) is 4.34. The van der Waals surface area contributed by atoms with Crippen molar-refractivity contribution in [2.24, 2.45) is 5.92 Å². The van der Waals surface area contributed by atoms with Gasteiger partial charge in [-0.2, -0.15) is 13.2 Å². The molecular formula is C25H23F3N4O2. The Kier molecular flexibility index (Phi) is 5.71. The number of aromatic nitrogens is 3. The number of hydrogen-bond acceptors (Lipinski definition) is 5. The number of fused-ring (bicyclic) bond motifs is 3. The Hall–Kier alpha value is -3.49. The number of pyridine rings is 3. The first kappa shape index (κ1) is 22.3. The van der Waals surface area contributed by atoms with E-state index in [0.29, 0.717) is 23.5 Å². The topological polar surface area (TPSA) is 68.2 Å². The maximum absolute atomic E-state index is 13.8. The van der Waals surface area contributed by atoms with E-state index in [0.717, 1.165) is 37.1 Å². The lowest BCUT2D eigenvalue weighted by atomic mass is 9.77. The number of hydrogen-bond donors (Lipinski definition) is 0. The van der Waals surface area contributed by atoms with Crippen molar-refractivity contribution < 1.29 is 22.7 Å². The zero-order chi connectivity index (χ0) is 23.9. The second-order valence-electron chi connectivity index (χ2n) is 8.87. The number of piperidine rings is 2. The molecule has 34 heavy (non-hydrogen) atoms. The van der Waals surface area contributed by atoms with E-state index in [1.807, 2.05) is 30.0 Å². The van der Waals surface area contributed by atoms with Crippen LogP contribution in [0, 0.1) is 12.8 Å². The Labute approximate surface area is 194 Å². The summed E-state index contributed by atoms with van der Waals surface area (Å²) in [5.74, 6) is 0.244. The van der Waals surface area contributed by atoms with Gasteiger partial charge in [0.25, 0.3) is 5.91 Å². The minimum absolute atomic E-state index is 0.129. The summed E-state index contributed by atoms with van der Waals surface area (Å²) in [6.45, 7) is 2.50. The van der Waals surface area contributed by atoms with Crippen LogP contribution in [0.25, 0.3) is 11.4 Å². The van der Waals surface area contributed by atoms with E-state index >= 15 is 0 Å². The van der Waals surface area contributed by atoms with Gasteiger partial charge < -0.3 is 9.64 Å². The van der Waals surface area contributed by atoms with Gasteiger partial charge in [-0.05, 0) is 61.9 Å². The van der Waals surface area contributed by atoms with Crippen LogP contribution < -0.4 is 4.74 Å². The first-order valence-corrected chi connectivity index (χ1v) is 11.2. The highest BCUT2D eigenvalue weighted by molar-refractivity contribution is 6.00. The molecule has 6 nitrogen and oxygen atoms in total. The van der Waals surface area contributed by atoms with Crippen LogP contribution in [-0.4, -0.2) is 44.4 Å². The minimum Gasteiger partial charge on any atom is -0.472 e. The molecule has 0 N–H and O–H groups in total. The number of carbonyl (C=O) groups is 1. The molecule has 5 heterocycles. The second kappa shape index (κ2) is 8.70. The summed E-state index contributed by atoms with van der Waals surface area (Å²) in [4.78, 5) is 28.3. The normalized spacial score (nSPS) is 22.0.